The van der Waals surface area contributed by atoms with Crippen LogP contribution < -0.4 is 10.6 Å². The zero-order valence-electron chi connectivity index (χ0n) is 10.2. The zero-order valence-corrected chi connectivity index (χ0v) is 11.0. The van der Waals surface area contributed by atoms with Gasteiger partial charge >= 0.3 is 5.97 Å². The quantitative estimate of drug-likeness (QED) is 0.834. The average Bonchev–Trinajstić information content (AvgIpc) is 2.94. The van der Waals surface area contributed by atoms with Gasteiger partial charge in [-0.05, 0) is 30.8 Å². The van der Waals surface area contributed by atoms with E-state index in [1.807, 2.05) is 0 Å². The second-order valence-corrected chi connectivity index (χ2v) is 5.08. The van der Waals surface area contributed by atoms with E-state index < -0.39 is 0 Å². The summed E-state index contributed by atoms with van der Waals surface area (Å²) in [6, 6.07) is 1.79. The van der Waals surface area contributed by atoms with Crippen molar-refractivity contribution in [1.82, 2.24) is 0 Å². The molecule has 0 bridgehead atoms. The zero-order chi connectivity index (χ0) is 13.1. The van der Waals surface area contributed by atoms with Gasteiger partial charge in [0.2, 0.25) is 5.91 Å². The molecule has 1 aliphatic heterocycles. The Bertz CT molecular complexity index is 458. The molecule has 1 aromatic rings. The summed E-state index contributed by atoms with van der Waals surface area (Å²) in [6.45, 7) is 3.16. The van der Waals surface area contributed by atoms with Crippen molar-refractivity contribution >= 4 is 28.9 Å². The van der Waals surface area contributed by atoms with Gasteiger partial charge in [-0.25, -0.2) is 4.79 Å². The molecule has 0 radical (unpaired) electrons. The van der Waals surface area contributed by atoms with Crippen LogP contribution in [0.5, 0.6) is 0 Å². The molecule has 6 heteroatoms. The van der Waals surface area contributed by atoms with Gasteiger partial charge in [0.25, 0.3) is 0 Å². The molecule has 2 N–H and O–H groups in total. The monoisotopic (exact) mass is 268 g/mol. The molecule has 1 saturated heterocycles. The lowest BCUT2D eigenvalue weighted by Gasteiger charge is -2.16. The molecule has 1 fully saturated rings. The standard InChI is InChI=1S/C12H16N2O3S/c1-2-17-12(16)11-9(3-4-18-11)14-7-8(6-13)5-10(14)15/h3-4,8H,2,5-7,13H2,1H3. The fourth-order valence-electron chi connectivity index (χ4n) is 2.04. The van der Waals surface area contributed by atoms with Crippen molar-refractivity contribution in [2.45, 2.75) is 13.3 Å². The third kappa shape index (κ3) is 2.39. The number of rotatable bonds is 4. The number of esters is 1. The molecule has 1 atom stereocenters. The molecule has 2 heterocycles. The van der Waals surface area contributed by atoms with E-state index in [4.69, 9.17) is 10.5 Å². The number of hydrogen-bond donors (Lipinski definition) is 1. The van der Waals surface area contributed by atoms with Crippen LogP contribution in [0, 0.1) is 5.92 Å². The van der Waals surface area contributed by atoms with E-state index in [-0.39, 0.29) is 17.8 Å². The fourth-order valence-corrected chi connectivity index (χ4v) is 2.82. The van der Waals surface area contributed by atoms with E-state index in [2.05, 4.69) is 0 Å². The largest absolute Gasteiger partial charge is 0.462 e. The van der Waals surface area contributed by atoms with E-state index in [0.29, 0.717) is 36.7 Å². The van der Waals surface area contributed by atoms with Crippen LogP contribution in [0.15, 0.2) is 11.4 Å². The van der Waals surface area contributed by atoms with Gasteiger partial charge < -0.3 is 15.4 Å². The Hall–Kier alpha value is -1.40. The highest BCUT2D eigenvalue weighted by atomic mass is 32.1. The molecule has 1 aromatic heterocycles. The van der Waals surface area contributed by atoms with Gasteiger partial charge in [-0.3, -0.25) is 4.79 Å². The number of carbonyl (C=O) groups excluding carboxylic acids is 2. The highest BCUT2D eigenvalue weighted by molar-refractivity contribution is 7.12. The first-order valence-electron chi connectivity index (χ1n) is 5.92. The first kappa shape index (κ1) is 13.0. The number of anilines is 1. The van der Waals surface area contributed by atoms with Gasteiger partial charge in [0.05, 0.1) is 12.3 Å². The maximum atomic E-state index is 11.9. The molecular weight excluding hydrogens is 252 g/mol. The Labute approximate surface area is 110 Å². The Morgan fingerprint density at radius 2 is 2.44 bits per heavy atom. The smallest absolute Gasteiger partial charge is 0.350 e. The Morgan fingerprint density at radius 3 is 3.06 bits per heavy atom. The Morgan fingerprint density at radius 1 is 1.67 bits per heavy atom. The minimum atomic E-state index is -0.369. The molecule has 5 nitrogen and oxygen atoms in total. The van der Waals surface area contributed by atoms with Gasteiger partial charge in [-0.15, -0.1) is 11.3 Å². The number of nitrogens with zero attached hydrogens (tertiary/aromatic N) is 1. The summed E-state index contributed by atoms with van der Waals surface area (Å²) in [4.78, 5) is 25.8. The van der Waals surface area contributed by atoms with E-state index >= 15 is 0 Å². The molecule has 0 saturated carbocycles. The summed E-state index contributed by atoms with van der Waals surface area (Å²) in [5.74, 6) is -0.173. The fraction of sp³-hybridized carbons (Fsp3) is 0.500. The van der Waals surface area contributed by atoms with E-state index in [1.165, 1.54) is 11.3 Å². The summed E-state index contributed by atoms with van der Waals surface area (Å²) in [6.07, 6.45) is 0.453. The topological polar surface area (TPSA) is 72.6 Å². The minimum absolute atomic E-state index is 0.0226. The lowest BCUT2D eigenvalue weighted by molar-refractivity contribution is -0.117. The maximum absolute atomic E-state index is 11.9. The second kappa shape index (κ2) is 5.49. The molecule has 1 amide bonds. The average molecular weight is 268 g/mol. The van der Waals surface area contributed by atoms with Crippen molar-refractivity contribution in [2.75, 3.05) is 24.6 Å². The molecule has 1 aliphatic rings. The number of nitrogens with two attached hydrogens (primary N) is 1. The molecule has 2 rings (SSSR count). The third-order valence-electron chi connectivity index (χ3n) is 2.93. The summed E-state index contributed by atoms with van der Waals surface area (Å²) in [5.41, 5.74) is 6.24. The normalized spacial score (nSPS) is 19.3. The molecule has 0 spiro atoms. The maximum Gasteiger partial charge on any atom is 0.350 e. The van der Waals surface area contributed by atoms with Crippen molar-refractivity contribution in [3.05, 3.63) is 16.3 Å². The lowest BCUT2D eigenvalue weighted by atomic mass is 10.1. The number of amides is 1. The summed E-state index contributed by atoms with van der Waals surface area (Å²) < 4.78 is 4.98. The van der Waals surface area contributed by atoms with E-state index in [1.54, 1.807) is 23.3 Å². The van der Waals surface area contributed by atoms with E-state index in [9.17, 15) is 9.59 Å². The molecule has 98 valence electrons. The van der Waals surface area contributed by atoms with Crippen LogP contribution in [0.2, 0.25) is 0 Å². The van der Waals surface area contributed by atoms with Crippen LogP contribution in [-0.2, 0) is 9.53 Å². The van der Waals surface area contributed by atoms with Gasteiger partial charge in [0, 0.05) is 13.0 Å². The predicted octanol–water partition coefficient (Wildman–Crippen LogP) is 1.24. The van der Waals surface area contributed by atoms with Gasteiger partial charge in [-0.2, -0.15) is 0 Å². The van der Waals surface area contributed by atoms with Crippen LogP contribution in [0.1, 0.15) is 23.0 Å². The molecule has 18 heavy (non-hydrogen) atoms. The van der Waals surface area contributed by atoms with Crippen molar-refractivity contribution in [3.8, 4) is 0 Å². The molecule has 1 unspecified atom stereocenters. The Balaban J connectivity index is 2.21. The van der Waals surface area contributed by atoms with Crippen LogP contribution >= 0.6 is 11.3 Å². The van der Waals surface area contributed by atoms with Gasteiger partial charge in [-0.1, -0.05) is 0 Å². The first-order chi connectivity index (χ1) is 8.67. The van der Waals surface area contributed by atoms with Crippen molar-refractivity contribution in [2.24, 2.45) is 11.7 Å². The molecule has 0 aromatic carbocycles. The lowest BCUT2D eigenvalue weighted by Crippen LogP contribution is -2.26. The number of ether oxygens (including phenoxy) is 1. The third-order valence-corrected chi connectivity index (χ3v) is 3.82. The number of thiophene rings is 1. The number of hydrogen-bond acceptors (Lipinski definition) is 5. The van der Waals surface area contributed by atoms with Crippen LogP contribution in [0.3, 0.4) is 0 Å². The van der Waals surface area contributed by atoms with Crippen molar-refractivity contribution in [1.29, 1.82) is 0 Å². The highest BCUT2D eigenvalue weighted by Crippen LogP contribution is 2.31. The summed E-state index contributed by atoms with van der Waals surface area (Å²) in [5, 5.41) is 1.80. The van der Waals surface area contributed by atoms with Gasteiger partial charge in [0.15, 0.2) is 0 Å². The highest BCUT2D eigenvalue weighted by Gasteiger charge is 2.32. The number of carbonyl (C=O) groups is 2. The minimum Gasteiger partial charge on any atom is -0.462 e. The van der Waals surface area contributed by atoms with Crippen molar-refractivity contribution < 1.29 is 14.3 Å². The summed E-state index contributed by atoms with van der Waals surface area (Å²) in [7, 11) is 0. The van der Waals surface area contributed by atoms with E-state index in [0.717, 1.165) is 0 Å². The second-order valence-electron chi connectivity index (χ2n) is 4.17. The van der Waals surface area contributed by atoms with Crippen LogP contribution in [-0.4, -0.2) is 31.6 Å². The van der Waals surface area contributed by atoms with Gasteiger partial charge in [0.1, 0.15) is 4.88 Å². The van der Waals surface area contributed by atoms with Crippen molar-refractivity contribution in [3.63, 3.8) is 0 Å². The SMILES string of the molecule is CCOC(=O)c1sccc1N1CC(CN)CC1=O. The predicted molar refractivity (Wildman–Crippen MR) is 69.8 cm³/mol. The van der Waals surface area contributed by atoms with Crippen LogP contribution in [0.25, 0.3) is 0 Å². The Kier molecular flexibility index (Phi) is 3.98. The molecule has 0 aliphatic carbocycles. The first-order valence-corrected chi connectivity index (χ1v) is 6.80. The van der Waals surface area contributed by atoms with Crippen LogP contribution in [0.4, 0.5) is 5.69 Å². The molecular formula is C12H16N2O3S. The summed E-state index contributed by atoms with van der Waals surface area (Å²) >= 11 is 1.30.